The smallest absolute Gasteiger partial charge is 0.0216 e. The van der Waals surface area contributed by atoms with Gasteiger partial charge in [-0.05, 0) is 13.3 Å². The minimum absolute atomic E-state index is 0.348. The van der Waals surface area contributed by atoms with Gasteiger partial charge in [0, 0.05) is 6.04 Å². The zero-order valence-electron chi connectivity index (χ0n) is 5.80. The first-order valence-electron chi connectivity index (χ1n) is 3.05. The second-order valence-electron chi connectivity index (χ2n) is 1.97. The van der Waals surface area contributed by atoms with Gasteiger partial charge in [0.2, 0.25) is 0 Å². The first-order chi connectivity index (χ1) is 4.31. The normalized spacial score (nSPS) is 14.0. The van der Waals surface area contributed by atoms with Crippen molar-refractivity contribution in [2.45, 2.75) is 19.4 Å². The van der Waals surface area contributed by atoms with Crippen LogP contribution in [0.1, 0.15) is 13.3 Å². The van der Waals surface area contributed by atoms with E-state index < -0.39 is 0 Å². The molecule has 3 N–H and O–H groups in total. The van der Waals surface area contributed by atoms with E-state index in [1.807, 2.05) is 19.1 Å². The van der Waals surface area contributed by atoms with E-state index in [0.29, 0.717) is 6.04 Å². The maximum atomic E-state index is 5.14. The quantitative estimate of drug-likeness (QED) is 0.334. The van der Waals surface area contributed by atoms with Gasteiger partial charge in [0.25, 0.3) is 0 Å². The molecule has 0 aromatic rings. The Morgan fingerprint density at radius 2 is 2.44 bits per heavy atom. The van der Waals surface area contributed by atoms with E-state index in [4.69, 9.17) is 5.84 Å². The molecule has 0 spiro atoms. The fourth-order valence-electron chi connectivity index (χ4n) is 0.447. The van der Waals surface area contributed by atoms with Crippen molar-refractivity contribution in [3.05, 3.63) is 24.8 Å². The monoisotopic (exact) mass is 126 g/mol. The average Bonchev–Trinajstić information content (AvgIpc) is 1.89. The van der Waals surface area contributed by atoms with Gasteiger partial charge in [-0.3, -0.25) is 11.3 Å². The molecule has 2 heteroatoms. The van der Waals surface area contributed by atoms with Crippen molar-refractivity contribution >= 4 is 0 Å². The van der Waals surface area contributed by atoms with Crippen LogP contribution in [0.15, 0.2) is 24.8 Å². The summed E-state index contributed by atoms with van der Waals surface area (Å²) in [5.41, 5.74) is 2.64. The Balaban J connectivity index is 3.25. The van der Waals surface area contributed by atoms with Crippen LogP contribution >= 0.6 is 0 Å². The van der Waals surface area contributed by atoms with Crippen molar-refractivity contribution < 1.29 is 0 Å². The Morgan fingerprint density at radius 1 is 1.78 bits per heavy atom. The Bertz CT molecular complexity index is 97.1. The van der Waals surface area contributed by atoms with E-state index in [0.717, 1.165) is 6.42 Å². The lowest BCUT2D eigenvalue weighted by atomic mass is 10.2. The number of rotatable bonds is 4. The van der Waals surface area contributed by atoms with Gasteiger partial charge in [0.1, 0.15) is 0 Å². The lowest BCUT2D eigenvalue weighted by molar-refractivity contribution is 0.577. The lowest BCUT2D eigenvalue weighted by Crippen LogP contribution is -2.31. The molecule has 0 heterocycles. The van der Waals surface area contributed by atoms with Crippen molar-refractivity contribution in [1.82, 2.24) is 5.43 Å². The topological polar surface area (TPSA) is 38.0 Å². The Labute approximate surface area is 56.4 Å². The number of nitrogens with one attached hydrogen (secondary N) is 1. The van der Waals surface area contributed by atoms with Gasteiger partial charge in [-0.1, -0.05) is 24.8 Å². The Hall–Kier alpha value is -0.600. The molecule has 2 nitrogen and oxygen atoms in total. The predicted octanol–water partition coefficient (Wildman–Crippen LogP) is 0.970. The van der Waals surface area contributed by atoms with Gasteiger partial charge < -0.3 is 0 Å². The first kappa shape index (κ1) is 8.40. The summed E-state index contributed by atoms with van der Waals surface area (Å²) in [6.07, 6.45) is 6.64. The fourth-order valence-corrected chi connectivity index (χ4v) is 0.447. The standard InChI is InChI=1S/C7H14N2/c1-3-4-5-6-7(2)9-8/h3-5,7,9H,1,6,8H2,2H3/b5-4-. The van der Waals surface area contributed by atoms with Crippen LogP contribution in [0.5, 0.6) is 0 Å². The largest absolute Gasteiger partial charge is 0.271 e. The van der Waals surface area contributed by atoms with E-state index in [9.17, 15) is 0 Å². The molecule has 0 aliphatic carbocycles. The number of hydrogen-bond acceptors (Lipinski definition) is 2. The summed E-state index contributed by atoms with van der Waals surface area (Å²) in [4.78, 5) is 0. The second-order valence-corrected chi connectivity index (χ2v) is 1.97. The van der Waals surface area contributed by atoms with Crippen molar-refractivity contribution in [2.24, 2.45) is 5.84 Å². The first-order valence-corrected chi connectivity index (χ1v) is 3.05. The highest BCUT2D eigenvalue weighted by Crippen LogP contribution is 1.89. The molecule has 0 saturated heterocycles. The lowest BCUT2D eigenvalue weighted by Gasteiger charge is -2.03. The van der Waals surface area contributed by atoms with E-state index >= 15 is 0 Å². The highest BCUT2D eigenvalue weighted by atomic mass is 15.2. The maximum absolute atomic E-state index is 5.14. The fraction of sp³-hybridized carbons (Fsp3) is 0.429. The number of allylic oxidation sites excluding steroid dienone is 2. The molecule has 0 amide bonds. The van der Waals surface area contributed by atoms with Gasteiger partial charge >= 0.3 is 0 Å². The van der Waals surface area contributed by atoms with E-state index in [-0.39, 0.29) is 0 Å². The molecule has 9 heavy (non-hydrogen) atoms. The second kappa shape index (κ2) is 5.54. The third-order valence-electron chi connectivity index (χ3n) is 1.05. The van der Waals surface area contributed by atoms with E-state index in [1.165, 1.54) is 0 Å². The highest BCUT2D eigenvalue weighted by Gasteiger charge is 1.90. The summed E-state index contributed by atoms with van der Waals surface area (Å²) in [6, 6.07) is 0.348. The summed E-state index contributed by atoms with van der Waals surface area (Å²) in [6.45, 7) is 5.57. The van der Waals surface area contributed by atoms with Crippen LogP contribution in [0, 0.1) is 0 Å². The minimum Gasteiger partial charge on any atom is -0.271 e. The minimum atomic E-state index is 0.348. The summed E-state index contributed by atoms with van der Waals surface area (Å²) in [7, 11) is 0. The van der Waals surface area contributed by atoms with Crippen LogP contribution in [0.2, 0.25) is 0 Å². The molecule has 1 atom stereocenters. The summed E-state index contributed by atoms with van der Waals surface area (Å²) in [5, 5.41) is 0. The Kier molecular flexibility index (Phi) is 5.17. The molecule has 0 bridgehead atoms. The third-order valence-corrected chi connectivity index (χ3v) is 1.05. The number of nitrogens with two attached hydrogens (primary N) is 1. The predicted molar refractivity (Wildman–Crippen MR) is 40.7 cm³/mol. The maximum Gasteiger partial charge on any atom is 0.0216 e. The van der Waals surface area contributed by atoms with Crippen molar-refractivity contribution in [3.63, 3.8) is 0 Å². The summed E-state index contributed by atoms with van der Waals surface area (Å²) >= 11 is 0. The van der Waals surface area contributed by atoms with Crippen molar-refractivity contribution in [1.29, 1.82) is 0 Å². The summed E-state index contributed by atoms with van der Waals surface area (Å²) < 4.78 is 0. The number of hydrogen-bond donors (Lipinski definition) is 2. The molecule has 0 aliphatic heterocycles. The molecule has 1 unspecified atom stereocenters. The molecule has 0 aromatic heterocycles. The number of hydrazine groups is 1. The molecular formula is C7H14N2. The van der Waals surface area contributed by atoms with Gasteiger partial charge in [-0.25, -0.2) is 0 Å². The highest BCUT2D eigenvalue weighted by molar-refractivity contribution is 4.97. The molecule has 0 fully saturated rings. The molecular weight excluding hydrogens is 112 g/mol. The molecule has 0 saturated carbocycles. The van der Waals surface area contributed by atoms with Crippen molar-refractivity contribution in [3.8, 4) is 0 Å². The molecule has 0 rings (SSSR count). The molecule has 0 aliphatic rings. The van der Waals surface area contributed by atoms with Crippen LogP contribution in [0.25, 0.3) is 0 Å². The average molecular weight is 126 g/mol. The summed E-state index contributed by atoms with van der Waals surface area (Å²) in [5.74, 6) is 5.14. The van der Waals surface area contributed by atoms with Gasteiger partial charge in [0.05, 0.1) is 0 Å². The third kappa shape index (κ3) is 5.27. The van der Waals surface area contributed by atoms with Gasteiger partial charge in [0.15, 0.2) is 0 Å². The van der Waals surface area contributed by atoms with E-state index in [1.54, 1.807) is 6.08 Å². The molecule has 0 aromatic carbocycles. The van der Waals surface area contributed by atoms with Gasteiger partial charge in [-0.15, -0.1) is 0 Å². The van der Waals surface area contributed by atoms with Crippen LogP contribution < -0.4 is 11.3 Å². The van der Waals surface area contributed by atoms with Crippen LogP contribution in [0.4, 0.5) is 0 Å². The van der Waals surface area contributed by atoms with E-state index in [2.05, 4.69) is 12.0 Å². The molecule has 52 valence electrons. The molecule has 0 radical (unpaired) electrons. The zero-order chi connectivity index (χ0) is 7.11. The zero-order valence-corrected chi connectivity index (χ0v) is 5.80. The van der Waals surface area contributed by atoms with Gasteiger partial charge in [-0.2, -0.15) is 0 Å². The van der Waals surface area contributed by atoms with Crippen molar-refractivity contribution in [2.75, 3.05) is 0 Å². The van der Waals surface area contributed by atoms with Crippen LogP contribution in [-0.2, 0) is 0 Å². The van der Waals surface area contributed by atoms with Crippen LogP contribution in [-0.4, -0.2) is 6.04 Å². The SMILES string of the molecule is C=C/C=C\CC(C)NN. The Morgan fingerprint density at radius 3 is 2.89 bits per heavy atom. The van der Waals surface area contributed by atoms with Crippen LogP contribution in [0.3, 0.4) is 0 Å².